The first kappa shape index (κ1) is 18.9. The number of nitrogens with one attached hydrogen (secondary N) is 2. The van der Waals surface area contributed by atoms with Crippen molar-refractivity contribution in [1.29, 1.82) is 0 Å². The maximum atomic E-state index is 11.0. The molecule has 1 aliphatic rings. The molecule has 1 fully saturated rings. The first-order valence-electron chi connectivity index (χ1n) is 8.74. The first-order valence-corrected chi connectivity index (χ1v) is 8.74. The fourth-order valence-corrected chi connectivity index (χ4v) is 3.21. The number of nitrogens with zero attached hydrogens (tertiary/aromatic N) is 1. The normalized spacial score (nSPS) is 22.4. The summed E-state index contributed by atoms with van der Waals surface area (Å²) in [5, 5.41) is 6.35. The van der Waals surface area contributed by atoms with Crippen molar-refractivity contribution in [2.45, 2.75) is 58.9 Å². The van der Waals surface area contributed by atoms with Crippen LogP contribution in [0.2, 0.25) is 0 Å². The van der Waals surface area contributed by atoms with E-state index < -0.39 is 0 Å². The summed E-state index contributed by atoms with van der Waals surface area (Å²) in [7, 11) is 0. The van der Waals surface area contributed by atoms with Crippen LogP contribution >= 0.6 is 0 Å². The van der Waals surface area contributed by atoms with E-state index >= 15 is 0 Å². The van der Waals surface area contributed by atoms with E-state index in [1.807, 2.05) is 24.3 Å². The molecule has 0 radical (unpaired) electrons. The molecule has 0 spiro atoms. The van der Waals surface area contributed by atoms with E-state index in [4.69, 9.17) is 4.74 Å². The van der Waals surface area contributed by atoms with Gasteiger partial charge in [0.25, 0.3) is 0 Å². The number of benzene rings is 1. The Bertz CT molecular complexity index is 532. The van der Waals surface area contributed by atoms with Gasteiger partial charge in [-0.15, -0.1) is 0 Å². The average Bonchev–Trinajstić information content (AvgIpc) is 2.47. The van der Waals surface area contributed by atoms with Crippen molar-refractivity contribution in [3.8, 4) is 0 Å². The summed E-state index contributed by atoms with van der Waals surface area (Å²) >= 11 is 0. The number of hydrogen-bond acceptors (Lipinski definition) is 4. The Morgan fingerprint density at radius 3 is 2.33 bits per heavy atom. The Morgan fingerprint density at radius 2 is 1.79 bits per heavy atom. The molecule has 2 rings (SSSR count). The van der Waals surface area contributed by atoms with Gasteiger partial charge >= 0.3 is 0 Å². The number of carbonyl (C=O) groups excluding carboxylic acids is 1. The summed E-state index contributed by atoms with van der Waals surface area (Å²) in [6.45, 7) is 14.1. The molecule has 0 bridgehead atoms. The third kappa shape index (κ3) is 5.58. The molecular formula is C19H31N3O2. The van der Waals surface area contributed by atoms with Gasteiger partial charge in [-0.25, -0.2) is 0 Å². The van der Waals surface area contributed by atoms with Crippen LogP contribution < -0.4 is 10.6 Å². The highest BCUT2D eigenvalue weighted by molar-refractivity contribution is 5.88. The minimum absolute atomic E-state index is 0.0448. The number of carbonyl (C=O) groups is 1. The van der Waals surface area contributed by atoms with Gasteiger partial charge in [0.15, 0.2) is 0 Å². The molecule has 134 valence electrons. The van der Waals surface area contributed by atoms with Gasteiger partial charge < -0.3 is 15.4 Å². The number of hydrogen-bond donors (Lipinski definition) is 2. The number of rotatable bonds is 6. The predicted octanol–water partition coefficient (Wildman–Crippen LogP) is 2.62. The van der Waals surface area contributed by atoms with E-state index in [2.05, 4.69) is 43.2 Å². The Labute approximate surface area is 145 Å². The van der Waals surface area contributed by atoms with Gasteiger partial charge in [-0.1, -0.05) is 12.1 Å². The van der Waals surface area contributed by atoms with Crippen molar-refractivity contribution in [3.63, 3.8) is 0 Å². The van der Waals surface area contributed by atoms with Crippen molar-refractivity contribution in [2.24, 2.45) is 0 Å². The van der Waals surface area contributed by atoms with Crippen molar-refractivity contribution < 1.29 is 9.53 Å². The van der Waals surface area contributed by atoms with Gasteiger partial charge in [-0.05, 0) is 45.4 Å². The summed E-state index contributed by atoms with van der Waals surface area (Å²) in [6.07, 6.45) is 0.573. The smallest absolute Gasteiger partial charge is 0.221 e. The Hall–Kier alpha value is -1.43. The topological polar surface area (TPSA) is 53.6 Å². The molecule has 1 aliphatic heterocycles. The van der Waals surface area contributed by atoms with E-state index in [1.54, 1.807) is 0 Å². The molecule has 1 aromatic rings. The fourth-order valence-electron chi connectivity index (χ4n) is 3.21. The lowest BCUT2D eigenvalue weighted by molar-refractivity contribution is -0.114. The van der Waals surface area contributed by atoms with Gasteiger partial charge in [0.2, 0.25) is 5.91 Å². The van der Waals surface area contributed by atoms with Crippen molar-refractivity contribution in [3.05, 3.63) is 29.8 Å². The highest BCUT2D eigenvalue weighted by Crippen LogP contribution is 2.20. The number of anilines is 1. The minimum atomic E-state index is -0.0448. The van der Waals surface area contributed by atoms with Crippen LogP contribution in [0.1, 0.15) is 40.2 Å². The van der Waals surface area contributed by atoms with Crippen LogP contribution in [-0.2, 0) is 16.1 Å². The summed E-state index contributed by atoms with van der Waals surface area (Å²) in [5.74, 6) is -0.0448. The molecule has 24 heavy (non-hydrogen) atoms. The van der Waals surface area contributed by atoms with Gasteiger partial charge in [-0.3, -0.25) is 9.69 Å². The number of morpholine rings is 1. The quantitative estimate of drug-likeness (QED) is 0.840. The van der Waals surface area contributed by atoms with E-state index in [-0.39, 0.29) is 23.7 Å². The maximum absolute atomic E-state index is 11.0. The van der Waals surface area contributed by atoms with Crippen LogP contribution in [0.4, 0.5) is 5.69 Å². The first-order chi connectivity index (χ1) is 11.3. The van der Waals surface area contributed by atoms with Gasteiger partial charge in [0, 0.05) is 44.3 Å². The Kier molecular flexibility index (Phi) is 6.38. The molecule has 1 saturated heterocycles. The lowest BCUT2D eigenvalue weighted by Gasteiger charge is -2.45. The molecular weight excluding hydrogens is 302 g/mol. The second kappa shape index (κ2) is 8.10. The van der Waals surface area contributed by atoms with Crippen molar-refractivity contribution >= 4 is 11.6 Å². The lowest BCUT2D eigenvalue weighted by atomic mass is 10.00. The van der Waals surface area contributed by atoms with Gasteiger partial charge in [0.05, 0.1) is 12.2 Å². The molecule has 5 nitrogen and oxygen atoms in total. The standard InChI is InChI=1S/C19H31N3O2/c1-14-11-22(12-15(2)24-14)19(4,5)13-20-10-17-6-8-18(9-7-17)21-16(3)23/h6-9,14-15,20H,10-13H2,1-5H3,(H,21,23)/t14-,15-/m1/s1. The van der Waals surface area contributed by atoms with Crippen LogP contribution in [0.25, 0.3) is 0 Å². The highest BCUT2D eigenvalue weighted by Gasteiger charge is 2.32. The molecule has 0 saturated carbocycles. The Morgan fingerprint density at radius 1 is 1.21 bits per heavy atom. The number of ether oxygens (including phenoxy) is 1. The molecule has 2 atom stereocenters. The summed E-state index contributed by atoms with van der Waals surface area (Å²) in [4.78, 5) is 13.6. The summed E-state index contributed by atoms with van der Waals surface area (Å²) in [6, 6.07) is 7.97. The molecule has 1 amide bonds. The molecule has 1 heterocycles. The van der Waals surface area contributed by atoms with Gasteiger partial charge in [-0.2, -0.15) is 0 Å². The van der Waals surface area contributed by atoms with Crippen LogP contribution in [0.15, 0.2) is 24.3 Å². The summed E-state index contributed by atoms with van der Waals surface area (Å²) < 4.78 is 5.83. The molecule has 0 unspecified atom stereocenters. The second-order valence-corrected chi connectivity index (χ2v) is 7.46. The van der Waals surface area contributed by atoms with E-state index in [0.29, 0.717) is 0 Å². The third-order valence-corrected chi connectivity index (χ3v) is 4.44. The monoisotopic (exact) mass is 333 g/mol. The highest BCUT2D eigenvalue weighted by atomic mass is 16.5. The zero-order valence-electron chi connectivity index (χ0n) is 15.6. The van der Waals surface area contributed by atoms with E-state index in [0.717, 1.165) is 31.9 Å². The van der Waals surface area contributed by atoms with E-state index in [9.17, 15) is 4.79 Å². The Balaban J connectivity index is 1.82. The van der Waals surface area contributed by atoms with Crippen molar-refractivity contribution in [2.75, 3.05) is 25.0 Å². The SMILES string of the molecule is CC(=O)Nc1ccc(CNCC(C)(C)N2C[C@@H](C)O[C@H](C)C2)cc1. The molecule has 2 N–H and O–H groups in total. The van der Waals surface area contributed by atoms with Crippen LogP contribution in [-0.4, -0.2) is 48.2 Å². The van der Waals surface area contributed by atoms with Crippen LogP contribution in [0, 0.1) is 0 Å². The minimum Gasteiger partial charge on any atom is -0.373 e. The lowest BCUT2D eigenvalue weighted by Crippen LogP contribution is -2.58. The third-order valence-electron chi connectivity index (χ3n) is 4.44. The number of amides is 1. The fraction of sp³-hybridized carbons (Fsp3) is 0.632. The molecule has 1 aromatic carbocycles. The largest absolute Gasteiger partial charge is 0.373 e. The second-order valence-electron chi connectivity index (χ2n) is 7.46. The van der Waals surface area contributed by atoms with E-state index in [1.165, 1.54) is 12.5 Å². The summed E-state index contributed by atoms with van der Waals surface area (Å²) in [5.41, 5.74) is 2.13. The van der Waals surface area contributed by atoms with Gasteiger partial charge in [0.1, 0.15) is 0 Å². The molecule has 0 aliphatic carbocycles. The zero-order valence-corrected chi connectivity index (χ0v) is 15.6. The predicted molar refractivity (Wildman–Crippen MR) is 98.1 cm³/mol. The van der Waals surface area contributed by atoms with Crippen LogP contribution in [0.5, 0.6) is 0 Å². The average molecular weight is 333 g/mol. The zero-order chi connectivity index (χ0) is 17.7. The molecule has 0 aromatic heterocycles. The van der Waals surface area contributed by atoms with Crippen LogP contribution in [0.3, 0.4) is 0 Å². The molecule has 5 heteroatoms. The van der Waals surface area contributed by atoms with Crippen molar-refractivity contribution in [1.82, 2.24) is 10.2 Å². The maximum Gasteiger partial charge on any atom is 0.221 e.